The van der Waals surface area contributed by atoms with Crippen molar-refractivity contribution in [1.29, 1.82) is 0 Å². The summed E-state index contributed by atoms with van der Waals surface area (Å²) >= 11 is 4.52. The van der Waals surface area contributed by atoms with Gasteiger partial charge in [0.1, 0.15) is 0 Å². The predicted molar refractivity (Wildman–Crippen MR) is 109 cm³/mol. The second kappa shape index (κ2) is 8.06. The van der Waals surface area contributed by atoms with Gasteiger partial charge in [-0.3, -0.25) is 4.79 Å². The molecule has 0 saturated carbocycles. The molecule has 0 aliphatic heterocycles. The summed E-state index contributed by atoms with van der Waals surface area (Å²) < 4.78 is 2.15. The van der Waals surface area contributed by atoms with Crippen LogP contribution in [0.3, 0.4) is 0 Å². The van der Waals surface area contributed by atoms with Gasteiger partial charge in [-0.2, -0.15) is 0 Å². The van der Waals surface area contributed by atoms with E-state index in [2.05, 4.69) is 58.3 Å². The molecule has 112 valence electrons. The van der Waals surface area contributed by atoms with E-state index in [1.165, 1.54) is 0 Å². The Morgan fingerprint density at radius 2 is 1.18 bits per heavy atom. The third-order valence-electron chi connectivity index (χ3n) is 3.57. The summed E-state index contributed by atoms with van der Waals surface area (Å²) in [6, 6.07) is 15.9. The van der Waals surface area contributed by atoms with Gasteiger partial charge in [-0.25, -0.2) is 0 Å². The molecule has 2 rings (SSSR count). The number of allylic oxidation sites excluding steroid dienone is 2. The van der Waals surface area contributed by atoms with E-state index in [1.54, 1.807) is 12.2 Å². The summed E-state index contributed by atoms with van der Waals surface area (Å²) in [5.74, 6) is -0.544. The zero-order chi connectivity index (χ0) is 16.1. The number of ketones is 1. The third-order valence-corrected chi connectivity index (χ3v) is 5.53. The summed E-state index contributed by atoms with van der Waals surface area (Å²) in [4.78, 5) is 13.1. The lowest BCUT2D eigenvalue weighted by Gasteiger charge is -2.20. The van der Waals surface area contributed by atoms with Crippen LogP contribution in [0.1, 0.15) is 23.0 Å². The number of rotatable bonds is 6. The zero-order valence-corrected chi connectivity index (χ0v) is 16.3. The van der Waals surface area contributed by atoms with Gasteiger partial charge in [0.2, 0.25) is 0 Å². The second-order valence-corrected chi connectivity index (χ2v) is 7.20. The first-order valence-corrected chi connectivity index (χ1v) is 9.03. The van der Waals surface area contributed by atoms with Crippen LogP contribution in [0.5, 0.6) is 0 Å². The maximum Gasteiger partial charge on any atom is 0.155 e. The lowest BCUT2D eigenvalue weighted by molar-refractivity contribution is -0.120. The predicted octanol–water partition coefficient (Wildman–Crippen LogP) is 5.70. The number of hydrogen-bond acceptors (Lipinski definition) is 1. The average Bonchev–Trinajstić information content (AvgIpc) is 2.52. The molecule has 2 aromatic carbocycles. The second-order valence-electron chi connectivity index (χ2n) is 4.87. The molecule has 0 bridgehead atoms. The van der Waals surface area contributed by atoms with Crippen molar-refractivity contribution in [2.24, 2.45) is 0 Å². The molecule has 0 saturated heterocycles. The Hall–Kier alpha value is -0.950. The molecule has 0 N–H and O–H groups in total. The summed E-state index contributed by atoms with van der Waals surface area (Å²) in [5, 5.41) is 0. The first-order valence-electron chi connectivity index (χ1n) is 6.87. The standard InChI is InChI=1S/C19H16I2O/c1-3-13(15-9-5-7-11-17(15)20)19(22)14(4-2)16-10-6-8-12-18(16)21/h3-14H,1-2H2. The van der Waals surface area contributed by atoms with E-state index in [9.17, 15) is 4.79 Å². The minimum atomic E-state index is -0.327. The highest BCUT2D eigenvalue weighted by molar-refractivity contribution is 14.1. The van der Waals surface area contributed by atoms with Gasteiger partial charge in [0.05, 0.1) is 11.8 Å². The molecule has 0 aromatic heterocycles. The molecule has 2 atom stereocenters. The number of Topliss-reactive ketones (excluding diaryl/α,β-unsaturated/α-hetero) is 1. The van der Waals surface area contributed by atoms with E-state index >= 15 is 0 Å². The van der Waals surface area contributed by atoms with E-state index in [-0.39, 0.29) is 17.6 Å². The van der Waals surface area contributed by atoms with E-state index < -0.39 is 0 Å². The Bertz CT molecular complexity index is 647. The molecule has 0 aliphatic rings. The number of carbonyl (C=O) groups is 1. The normalized spacial score (nSPS) is 13.2. The number of hydrogen-bond donors (Lipinski definition) is 0. The molecule has 0 spiro atoms. The first kappa shape index (κ1) is 17.4. The molecule has 0 amide bonds. The van der Waals surface area contributed by atoms with Crippen LogP contribution in [0.4, 0.5) is 0 Å². The average molecular weight is 514 g/mol. The summed E-state index contributed by atoms with van der Waals surface area (Å²) in [6.45, 7) is 7.74. The van der Waals surface area contributed by atoms with Gasteiger partial charge in [0, 0.05) is 7.14 Å². The smallest absolute Gasteiger partial charge is 0.155 e. The molecular weight excluding hydrogens is 498 g/mol. The Balaban J connectivity index is 2.43. The molecule has 0 radical (unpaired) electrons. The molecule has 0 aliphatic carbocycles. The molecule has 22 heavy (non-hydrogen) atoms. The van der Waals surface area contributed by atoms with Crippen molar-refractivity contribution in [3.8, 4) is 0 Å². The number of halogens is 2. The monoisotopic (exact) mass is 514 g/mol. The summed E-state index contributed by atoms with van der Waals surface area (Å²) in [7, 11) is 0. The fraction of sp³-hybridized carbons (Fsp3) is 0.105. The Morgan fingerprint density at radius 1 is 0.818 bits per heavy atom. The first-order chi connectivity index (χ1) is 10.6. The molecule has 2 aromatic rings. The van der Waals surface area contributed by atoms with Gasteiger partial charge in [0.25, 0.3) is 0 Å². The number of carbonyl (C=O) groups excluding carboxylic acids is 1. The van der Waals surface area contributed by atoms with Crippen LogP contribution in [0, 0.1) is 7.14 Å². The fourth-order valence-corrected chi connectivity index (χ4v) is 3.89. The zero-order valence-electron chi connectivity index (χ0n) is 12.0. The van der Waals surface area contributed by atoms with Gasteiger partial charge < -0.3 is 0 Å². The molecule has 1 nitrogen and oxygen atoms in total. The van der Waals surface area contributed by atoms with Crippen molar-refractivity contribution in [1.82, 2.24) is 0 Å². The minimum Gasteiger partial charge on any atom is -0.298 e. The highest BCUT2D eigenvalue weighted by Gasteiger charge is 2.27. The molecule has 0 fully saturated rings. The van der Waals surface area contributed by atoms with Crippen molar-refractivity contribution in [3.05, 3.63) is 92.1 Å². The van der Waals surface area contributed by atoms with Crippen molar-refractivity contribution in [2.45, 2.75) is 11.8 Å². The van der Waals surface area contributed by atoms with Crippen molar-refractivity contribution in [3.63, 3.8) is 0 Å². The Labute approximate surface area is 158 Å². The number of benzene rings is 2. The highest BCUT2D eigenvalue weighted by Crippen LogP contribution is 2.32. The lowest BCUT2D eigenvalue weighted by Crippen LogP contribution is -2.19. The molecule has 0 heterocycles. The van der Waals surface area contributed by atoms with Crippen LogP contribution in [-0.2, 0) is 4.79 Å². The van der Waals surface area contributed by atoms with Gasteiger partial charge in [-0.1, -0.05) is 48.6 Å². The van der Waals surface area contributed by atoms with E-state index in [0.29, 0.717) is 0 Å². The Morgan fingerprint density at radius 3 is 1.50 bits per heavy atom. The maximum absolute atomic E-state index is 13.1. The fourth-order valence-electron chi connectivity index (χ4n) is 2.44. The topological polar surface area (TPSA) is 17.1 Å². The summed E-state index contributed by atoms with van der Waals surface area (Å²) in [5.41, 5.74) is 2.00. The molecule has 2 unspecified atom stereocenters. The molecule has 3 heteroatoms. The van der Waals surface area contributed by atoms with Gasteiger partial charge in [-0.15, -0.1) is 13.2 Å². The highest BCUT2D eigenvalue weighted by atomic mass is 127. The van der Waals surface area contributed by atoms with Gasteiger partial charge in [0.15, 0.2) is 5.78 Å². The van der Waals surface area contributed by atoms with Crippen LogP contribution in [0.15, 0.2) is 73.8 Å². The van der Waals surface area contributed by atoms with Gasteiger partial charge in [-0.05, 0) is 68.4 Å². The van der Waals surface area contributed by atoms with E-state index in [0.717, 1.165) is 18.3 Å². The van der Waals surface area contributed by atoms with Crippen LogP contribution in [0.2, 0.25) is 0 Å². The maximum atomic E-state index is 13.1. The van der Waals surface area contributed by atoms with E-state index in [4.69, 9.17) is 0 Å². The lowest BCUT2D eigenvalue weighted by atomic mass is 9.84. The van der Waals surface area contributed by atoms with Crippen molar-refractivity contribution >= 4 is 51.0 Å². The third kappa shape index (κ3) is 3.68. The molecular formula is C19H16I2O. The SMILES string of the molecule is C=CC(C(=O)C(C=C)c1ccccc1I)c1ccccc1I. The van der Waals surface area contributed by atoms with Crippen LogP contribution in [0.25, 0.3) is 0 Å². The van der Waals surface area contributed by atoms with Crippen LogP contribution in [-0.4, -0.2) is 5.78 Å². The summed E-state index contributed by atoms with van der Waals surface area (Å²) in [6.07, 6.45) is 3.46. The van der Waals surface area contributed by atoms with Crippen molar-refractivity contribution < 1.29 is 4.79 Å². The van der Waals surface area contributed by atoms with Crippen LogP contribution < -0.4 is 0 Å². The van der Waals surface area contributed by atoms with Crippen LogP contribution >= 0.6 is 45.2 Å². The quantitative estimate of drug-likeness (QED) is 0.357. The Kier molecular flexibility index (Phi) is 6.37. The van der Waals surface area contributed by atoms with Crippen molar-refractivity contribution in [2.75, 3.05) is 0 Å². The van der Waals surface area contributed by atoms with E-state index in [1.807, 2.05) is 48.5 Å². The largest absolute Gasteiger partial charge is 0.298 e. The van der Waals surface area contributed by atoms with Gasteiger partial charge >= 0.3 is 0 Å². The minimum absolute atomic E-state index is 0.109.